The van der Waals surface area contributed by atoms with Crippen molar-refractivity contribution in [2.24, 2.45) is 17.6 Å². The van der Waals surface area contributed by atoms with E-state index >= 15 is 0 Å². The molecular weight excluding hydrogens is 250 g/mol. The highest BCUT2D eigenvalue weighted by Crippen LogP contribution is 2.07. The highest BCUT2D eigenvalue weighted by Gasteiger charge is 2.20. The third-order valence-electron chi connectivity index (χ3n) is 3.01. The van der Waals surface area contributed by atoms with E-state index in [1.807, 2.05) is 20.8 Å². The fourth-order valence-electron chi connectivity index (χ4n) is 1.24. The molecular formula is C12H23N3O4. The predicted molar refractivity (Wildman–Crippen MR) is 70.4 cm³/mol. The van der Waals surface area contributed by atoms with Gasteiger partial charge in [-0.25, -0.2) is 9.59 Å². The van der Waals surface area contributed by atoms with Crippen molar-refractivity contribution in [2.75, 3.05) is 6.54 Å². The maximum atomic E-state index is 11.5. The summed E-state index contributed by atoms with van der Waals surface area (Å²) in [7, 11) is 0. The molecule has 110 valence electrons. The van der Waals surface area contributed by atoms with Crippen molar-refractivity contribution < 1.29 is 19.5 Å². The van der Waals surface area contributed by atoms with Gasteiger partial charge in [0, 0.05) is 13.0 Å². The molecule has 0 fully saturated rings. The van der Waals surface area contributed by atoms with Crippen molar-refractivity contribution >= 4 is 17.9 Å². The summed E-state index contributed by atoms with van der Waals surface area (Å²) in [4.78, 5) is 33.0. The minimum atomic E-state index is -1.19. The van der Waals surface area contributed by atoms with Gasteiger partial charge in [-0.15, -0.1) is 0 Å². The number of carboxylic acids is 1. The number of amides is 3. The first kappa shape index (κ1) is 17.2. The average molecular weight is 273 g/mol. The van der Waals surface area contributed by atoms with Crippen LogP contribution in [-0.2, 0) is 9.59 Å². The van der Waals surface area contributed by atoms with Gasteiger partial charge in [0.15, 0.2) is 0 Å². The Morgan fingerprint density at radius 3 is 2.21 bits per heavy atom. The number of rotatable bonds is 8. The lowest BCUT2D eigenvalue weighted by Crippen LogP contribution is -2.47. The first-order valence-electron chi connectivity index (χ1n) is 6.29. The maximum Gasteiger partial charge on any atom is 0.326 e. The van der Waals surface area contributed by atoms with Crippen LogP contribution in [0.2, 0.25) is 0 Å². The summed E-state index contributed by atoms with van der Waals surface area (Å²) in [5.74, 6) is -1.07. The van der Waals surface area contributed by atoms with Gasteiger partial charge in [-0.2, -0.15) is 0 Å². The number of aliphatic carboxylic acids is 1. The fraction of sp³-hybridized carbons (Fsp3) is 0.750. The molecule has 0 bridgehead atoms. The number of hydrogen-bond donors (Lipinski definition) is 4. The average Bonchev–Trinajstić information content (AvgIpc) is 2.30. The van der Waals surface area contributed by atoms with E-state index in [1.54, 1.807) is 0 Å². The molecule has 0 saturated carbocycles. The third-order valence-corrected chi connectivity index (χ3v) is 3.01. The normalized spacial score (nSPS) is 13.7. The molecule has 0 aromatic heterocycles. The minimum absolute atomic E-state index is 0.0161. The SMILES string of the molecule is CC(C)C(C)CNC(=O)N[C@H](CCC(N)=O)C(=O)O. The van der Waals surface area contributed by atoms with Gasteiger partial charge in [0.1, 0.15) is 6.04 Å². The summed E-state index contributed by atoms with van der Waals surface area (Å²) < 4.78 is 0. The van der Waals surface area contributed by atoms with Gasteiger partial charge in [0.05, 0.1) is 0 Å². The molecule has 1 unspecified atom stereocenters. The first-order valence-corrected chi connectivity index (χ1v) is 6.29. The molecule has 0 aromatic rings. The van der Waals surface area contributed by atoms with Crippen LogP contribution in [-0.4, -0.2) is 35.6 Å². The number of nitrogens with two attached hydrogens (primary N) is 1. The minimum Gasteiger partial charge on any atom is -0.480 e. The van der Waals surface area contributed by atoms with E-state index in [0.717, 1.165) is 0 Å². The Kier molecular flexibility index (Phi) is 7.55. The largest absolute Gasteiger partial charge is 0.480 e. The number of hydrogen-bond acceptors (Lipinski definition) is 3. The molecule has 0 heterocycles. The number of carboxylic acid groups (broad SMARTS) is 1. The van der Waals surface area contributed by atoms with Crippen molar-refractivity contribution in [1.82, 2.24) is 10.6 Å². The summed E-state index contributed by atoms with van der Waals surface area (Å²) in [6.45, 7) is 6.53. The van der Waals surface area contributed by atoms with E-state index in [-0.39, 0.29) is 12.8 Å². The van der Waals surface area contributed by atoms with Gasteiger partial charge in [0.25, 0.3) is 0 Å². The van der Waals surface area contributed by atoms with E-state index in [4.69, 9.17) is 10.8 Å². The fourth-order valence-corrected chi connectivity index (χ4v) is 1.24. The van der Waals surface area contributed by atoms with Crippen LogP contribution in [0.4, 0.5) is 4.79 Å². The van der Waals surface area contributed by atoms with E-state index in [1.165, 1.54) is 0 Å². The molecule has 0 aliphatic rings. The molecule has 0 aliphatic carbocycles. The Morgan fingerprint density at radius 2 is 1.79 bits per heavy atom. The van der Waals surface area contributed by atoms with E-state index in [2.05, 4.69) is 10.6 Å². The second-order valence-corrected chi connectivity index (χ2v) is 4.97. The van der Waals surface area contributed by atoms with Crippen LogP contribution < -0.4 is 16.4 Å². The summed E-state index contributed by atoms with van der Waals surface area (Å²) in [5, 5.41) is 13.8. The van der Waals surface area contributed by atoms with Crippen LogP contribution >= 0.6 is 0 Å². The highest BCUT2D eigenvalue weighted by atomic mass is 16.4. The van der Waals surface area contributed by atoms with Crippen LogP contribution in [0.3, 0.4) is 0 Å². The molecule has 7 nitrogen and oxygen atoms in total. The van der Waals surface area contributed by atoms with Crippen molar-refractivity contribution in [2.45, 2.75) is 39.7 Å². The summed E-state index contributed by atoms with van der Waals surface area (Å²) in [6, 6.07) is -1.66. The molecule has 19 heavy (non-hydrogen) atoms. The lowest BCUT2D eigenvalue weighted by atomic mass is 9.98. The molecule has 0 saturated heterocycles. The van der Waals surface area contributed by atoms with Crippen molar-refractivity contribution in [1.29, 1.82) is 0 Å². The van der Waals surface area contributed by atoms with Gasteiger partial charge >= 0.3 is 12.0 Å². The van der Waals surface area contributed by atoms with Crippen LogP contribution in [0.25, 0.3) is 0 Å². The number of carbonyl (C=O) groups is 3. The first-order chi connectivity index (χ1) is 8.73. The molecule has 0 spiro atoms. The lowest BCUT2D eigenvalue weighted by molar-refractivity contribution is -0.139. The zero-order valence-electron chi connectivity index (χ0n) is 11.6. The quantitative estimate of drug-likeness (QED) is 0.508. The van der Waals surface area contributed by atoms with Crippen molar-refractivity contribution in [3.63, 3.8) is 0 Å². The van der Waals surface area contributed by atoms with Gasteiger partial charge in [-0.3, -0.25) is 4.79 Å². The Labute approximate surface area is 112 Å². The number of carbonyl (C=O) groups excluding carboxylic acids is 2. The lowest BCUT2D eigenvalue weighted by Gasteiger charge is -2.18. The topological polar surface area (TPSA) is 122 Å². The maximum absolute atomic E-state index is 11.5. The van der Waals surface area contributed by atoms with Crippen molar-refractivity contribution in [3.05, 3.63) is 0 Å². The Hall–Kier alpha value is -1.79. The van der Waals surface area contributed by atoms with Gasteiger partial charge in [-0.05, 0) is 18.3 Å². The molecule has 3 amide bonds. The predicted octanol–water partition coefficient (Wildman–Crippen LogP) is 0.296. The molecule has 7 heteroatoms. The molecule has 2 atom stereocenters. The molecule has 5 N–H and O–H groups in total. The van der Waals surface area contributed by atoms with E-state index < -0.39 is 23.9 Å². The third kappa shape index (κ3) is 8.01. The second kappa shape index (κ2) is 8.34. The Balaban J connectivity index is 4.17. The van der Waals surface area contributed by atoms with Crippen LogP contribution in [0, 0.1) is 11.8 Å². The second-order valence-electron chi connectivity index (χ2n) is 4.97. The van der Waals surface area contributed by atoms with Crippen LogP contribution in [0.1, 0.15) is 33.6 Å². The van der Waals surface area contributed by atoms with Gasteiger partial charge in [-0.1, -0.05) is 20.8 Å². The summed E-state index contributed by atoms with van der Waals surface area (Å²) in [5.41, 5.74) is 4.94. The zero-order valence-corrected chi connectivity index (χ0v) is 11.6. The van der Waals surface area contributed by atoms with Crippen molar-refractivity contribution in [3.8, 4) is 0 Å². The smallest absolute Gasteiger partial charge is 0.326 e. The molecule has 0 aromatic carbocycles. The van der Waals surface area contributed by atoms with Gasteiger partial charge < -0.3 is 21.5 Å². The van der Waals surface area contributed by atoms with Crippen LogP contribution in [0.15, 0.2) is 0 Å². The van der Waals surface area contributed by atoms with Crippen LogP contribution in [0.5, 0.6) is 0 Å². The molecule has 0 aliphatic heterocycles. The molecule has 0 rings (SSSR count). The monoisotopic (exact) mass is 273 g/mol. The number of urea groups is 1. The standard InChI is InChI=1S/C12H23N3O4/c1-7(2)8(3)6-14-12(19)15-9(11(17)18)4-5-10(13)16/h7-9H,4-6H2,1-3H3,(H2,13,16)(H,17,18)(H2,14,15,19)/t8?,9-/m1/s1. The Bertz CT molecular complexity index is 331. The highest BCUT2D eigenvalue weighted by molar-refractivity contribution is 5.83. The zero-order chi connectivity index (χ0) is 15.0. The van der Waals surface area contributed by atoms with Gasteiger partial charge in [0.2, 0.25) is 5.91 Å². The van der Waals surface area contributed by atoms with E-state index in [9.17, 15) is 14.4 Å². The number of primary amides is 1. The molecule has 0 radical (unpaired) electrons. The number of nitrogens with one attached hydrogen (secondary N) is 2. The Morgan fingerprint density at radius 1 is 1.21 bits per heavy atom. The summed E-state index contributed by atoms with van der Waals surface area (Å²) >= 11 is 0. The summed E-state index contributed by atoms with van der Waals surface area (Å²) in [6.07, 6.45) is -0.0997. The van der Waals surface area contributed by atoms with E-state index in [0.29, 0.717) is 18.4 Å².